The highest BCUT2D eigenvalue weighted by Gasteiger charge is 2.49. The number of nitrogens with two attached hydrogens (primary N) is 1. The van der Waals surface area contributed by atoms with Crippen LogP contribution in [0, 0.1) is 5.82 Å². The zero-order valence-corrected chi connectivity index (χ0v) is 18.3. The van der Waals surface area contributed by atoms with E-state index in [0.29, 0.717) is 37.1 Å². The number of ether oxygens (including phenoxy) is 1. The number of halogens is 4. The van der Waals surface area contributed by atoms with Crippen LogP contribution in [0.5, 0.6) is 0 Å². The molecule has 0 spiro atoms. The molecule has 172 valence electrons. The molecule has 1 heterocycles. The van der Waals surface area contributed by atoms with E-state index in [-0.39, 0.29) is 10.6 Å². The Balaban J connectivity index is 2.17. The van der Waals surface area contributed by atoms with Crippen LogP contribution >= 0.6 is 11.8 Å². The van der Waals surface area contributed by atoms with E-state index in [1.54, 1.807) is 37.3 Å². The molecule has 2 N–H and O–H groups in total. The molecule has 1 amide bonds. The Morgan fingerprint density at radius 1 is 1.25 bits per heavy atom. The third kappa shape index (κ3) is 4.67. The maximum atomic E-state index is 14.7. The van der Waals surface area contributed by atoms with Crippen LogP contribution in [-0.2, 0) is 20.6 Å². The molecule has 2 aromatic rings. The zero-order chi connectivity index (χ0) is 23.5. The Morgan fingerprint density at radius 2 is 1.94 bits per heavy atom. The van der Waals surface area contributed by atoms with Gasteiger partial charge in [-0.3, -0.25) is 4.79 Å². The molecule has 1 aliphatic rings. The number of hydrazone groups is 1. The Labute approximate surface area is 187 Å². The first-order chi connectivity index (χ1) is 15.1. The van der Waals surface area contributed by atoms with Crippen molar-refractivity contribution in [1.29, 1.82) is 0 Å². The summed E-state index contributed by atoms with van der Waals surface area (Å²) in [6, 6.07) is 11.1. The number of thioether (sulfide) groups is 1. The fourth-order valence-electron chi connectivity index (χ4n) is 3.39. The first-order valence-electron chi connectivity index (χ1n) is 9.91. The SMILES string of the molecule is CO[C@@H](C)C(=O)N1N=C(c2cc(C(F)(F)F)ccc2F)SC1(CCCN)c1ccccc1. The minimum atomic E-state index is -4.65. The van der Waals surface area contributed by atoms with Crippen LogP contribution in [0.15, 0.2) is 53.6 Å². The van der Waals surface area contributed by atoms with Crippen LogP contribution in [0.1, 0.15) is 36.5 Å². The lowest BCUT2D eigenvalue weighted by Crippen LogP contribution is -2.46. The summed E-state index contributed by atoms with van der Waals surface area (Å²) in [5.41, 5.74) is 5.10. The number of rotatable bonds is 7. The molecule has 2 atom stereocenters. The van der Waals surface area contributed by atoms with Crippen molar-refractivity contribution in [1.82, 2.24) is 5.01 Å². The van der Waals surface area contributed by atoms with Gasteiger partial charge in [0.1, 0.15) is 21.8 Å². The van der Waals surface area contributed by atoms with E-state index in [9.17, 15) is 22.4 Å². The van der Waals surface area contributed by atoms with Crippen molar-refractivity contribution in [2.45, 2.75) is 36.9 Å². The van der Waals surface area contributed by atoms with Crippen LogP contribution in [0.25, 0.3) is 0 Å². The predicted octanol–water partition coefficient (Wildman–Crippen LogP) is 4.71. The highest BCUT2D eigenvalue weighted by Crippen LogP contribution is 2.51. The van der Waals surface area contributed by atoms with Crippen molar-refractivity contribution in [2.24, 2.45) is 10.8 Å². The first-order valence-corrected chi connectivity index (χ1v) is 10.7. The Hall–Kier alpha value is -2.43. The van der Waals surface area contributed by atoms with E-state index < -0.39 is 34.4 Å². The largest absolute Gasteiger partial charge is 0.416 e. The fourth-order valence-corrected chi connectivity index (χ4v) is 4.82. The van der Waals surface area contributed by atoms with Crippen LogP contribution in [0.4, 0.5) is 17.6 Å². The summed E-state index contributed by atoms with van der Waals surface area (Å²) in [7, 11) is 1.37. The highest BCUT2D eigenvalue weighted by atomic mass is 32.2. The first kappa shape index (κ1) is 24.2. The molecule has 0 saturated carbocycles. The number of methoxy groups -OCH3 is 1. The molecule has 0 saturated heterocycles. The third-order valence-electron chi connectivity index (χ3n) is 5.18. The quantitative estimate of drug-likeness (QED) is 0.597. The summed E-state index contributed by atoms with van der Waals surface area (Å²) in [6.07, 6.45) is -4.66. The van der Waals surface area contributed by atoms with Gasteiger partial charge in [-0.15, -0.1) is 0 Å². The fraction of sp³-hybridized carbons (Fsp3) is 0.364. The van der Waals surface area contributed by atoms with Gasteiger partial charge in [0.05, 0.1) is 5.56 Å². The zero-order valence-electron chi connectivity index (χ0n) is 17.5. The van der Waals surface area contributed by atoms with Gasteiger partial charge in [0.25, 0.3) is 5.91 Å². The molecule has 0 aliphatic carbocycles. The van der Waals surface area contributed by atoms with E-state index in [1.165, 1.54) is 12.1 Å². The van der Waals surface area contributed by atoms with Gasteiger partial charge in [0.15, 0.2) is 0 Å². The molecule has 0 fully saturated rings. The smallest absolute Gasteiger partial charge is 0.372 e. The molecule has 10 heteroatoms. The molecule has 0 bridgehead atoms. The average molecular weight is 470 g/mol. The minimum absolute atomic E-state index is 0.0221. The van der Waals surface area contributed by atoms with Gasteiger partial charge in [-0.2, -0.15) is 18.3 Å². The van der Waals surface area contributed by atoms with Crippen molar-refractivity contribution in [3.8, 4) is 0 Å². The maximum absolute atomic E-state index is 14.7. The van der Waals surface area contributed by atoms with E-state index >= 15 is 0 Å². The van der Waals surface area contributed by atoms with Gasteiger partial charge in [-0.25, -0.2) is 9.40 Å². The van der Waals surface area contributed by atoms with E-state index in [2.05, 4.69) is 5.10 Å². The van der Waals surface area contributed by atoms with Gasteiger partial charge in [-0.1, -0.05) is 42.1 Å². The van der Waals surface area contributed by atoms with Gasteiger partial charge >= 0.3 is 6.18 Å². The molecule has 0 radical (unpaired) electrons. The molecule has 0 aromatic heterocycles. The molecule has 32 heavy (non-hydrogen) atoms. The number of carbonyl (C=O) groups excluding carboxylic acids is 1. The lowest BCUT2D eigenvalue weighted by atomic mass is 10.00. The van der Waals surface area contributed by atoms with Crippen molar-refractivity contribution >= 4 is 22.7 Å². The molecule has 5 nitrogen and oxygen atoms in total. The summed E-state index contributed by atoms with van der Waals surface area (Å²) in [5, 5.41) is 5.51. The van der Waals surface area contributed by atoms with Crippen LogP contribution < -0.4 is 5.73 Å². The normalized spacial score (nSPS) is 19.7. The Kier molecular flexibility index (Phi) is 7.26. The standard InChI is InChI=1S/C22H23F4N3O2S/c1-14(31-2)20(30)29-21(11-6-12-27,15-7-4-3-5-8-15)32-19(28-29)17-13-16(22(24,25)26)9-10-18(17)23/h3-5,7-10,13-14H,6,11-12,27H2,1-2H3/t14-,21?/m0/s1. The predicted molar refractivity (Wildman–Crippen MR) is 115 cm³/mol. The van der Waals surface area contributed by atoms with E-state index in [1.807, 2.05) is 0 Å². The lowest BCUT2D eigenvalue weighted by Gasteiger charge is -2.36. The molecule has 3 rings (SSSR count). The second-order valence-electron chi connectivity index (χ2n) is 7.27. The van der Waals surface area contributed by atoms with Gasteiger partial charge in [0, 0.05) is 12.7 Å². The second-order valence-corrected chi connectivity index (χ2v) is 8.54. The van der Waals surface area contributed by atoms with Crippen molar-refractivity contribution in [3.63, 3.8) is 0 Å². The maximum Gasteiger partial charge on any atom is 0.416 e. The van der Waals surface area contributed by atoms with Crippen LogP contribution in [0.3, 0.4) is 0 Å². The number of hydrogen-bond donors (Lipinski definition) is 1. The minimum Gasteiger partial charge on any atom is -0.372 e. The lowest BCUT2D eigenvalue weighted by molar-refractivity contribution is -0.144. The van der Waals surface area contributed by atoms with Gasteiger partial charge in [0.2, 0.25) is 0 Å². The van der Waals surface area contributed by atoms with Gasteiger partial charge < -0.3 is 10.5 Å². The van der Waals surface area contributed by atoms with Crippen molar-refractivity contribution in [2.75, 3.05) is 13.7 Å². The Morgan fingerprint density at radius 3 is 2.53 bits per heavy atom. The molecular weight excluding hydrogens is 446 g/mol. The summed E-state index contributed by atoms with van der Waals surface area (Å²) in [4.78, 5) is 12.1. The topological polar surface area (TPSA) is 67.9 Å². The highest BCUT2D eigenvalue weighted by molar-refractivity contribution is 8.15. The van der Waals surface area contributed by atoms with E-state index in [4.69, 9.17) is 10.5 Å². The summed E-state index contributed by atoms with van der Waals surface area (Å²) in [5.74, 6) is -1.36. The molecule has 1 aliphatic heterocycles. The number of benzene rings is 2. The second kappa shape index (κ2) is 9.60. The van der Waals surface area contributed by atoms with Gasteiger partial charge in [-0.05, 0) is 50.1 Å². The summed E-state index contributed by atoms with van der Waals surface area (Å²) < 4.78 is 59.6. The Bertz CT molecular complexity index is 1000. The summed E-state index contributed by atoms with van der Waals surface area (Å²) >= 11 is 1.04. The third-order valence-corrected chi connectivity index (χ3v) is 6.62. The van der Waals surface area contributed by atoms with Crippen molar-refractivity contribution < 1.29 is 27.1 Å². The molecule has 1 unspecified atom stereocenters. The van der Waals surface area contributed by atoms with E-state index in [0.717, 1.165) is 17.8 Å². The number of nitrogens with zero attached hydrogens (tertiary/aromatic N) is 2. The number of alkyl halides is 3. The molecule has 2 aromatic carbocycles. The number of carbonyl (C=O) groups is 1. The summed E-state index contributed by atoms with van der Waals surface area (Å²) in [6.45, 7) is 1.87. The number of amides is 1. The monoisotopic (exact) mass is 469 g/mol. The number of hydrogen-bond acceptors (Lipinski definition) is 5. The van der Waals surface area contributed by atoms with Crippen LogP contribution in [-0.4, -0.2) is 35.7 Å². The van der Waals surface area contributed by atoms with Crippen molar-refractivity contribution in [3.05, 3.63) is 71.0 Å². The molecular formula is C22H23F4N3O2S. The average Bonchev–Trinajstić information content (AvgIpc) is 3.17. The van der Waals surface area contributed by atoms with Crippen LogP contribution in [0.2, 0.25) is 0 Å².